The van der Waals surface area contributed by atoms with Crippen LogP contribution in [-0.2, 0) is 11.8 Å². The molecule has 0 spiro atoms. The van der Waals surface area contributed by atoms with Crippen molar-refractivity contribution in [2.75, 3.05) is 18.9 Å². The smallest absolute Gasteiger partial charge is 0.319 e. The molecular weight excluding hydrogens is 352 g/mol. The van der Waals surface area contributed by atoms with Crippen molar-refractivity contribution in [3.05, 3.63) is 59.2 Å². The number of urea groups is 1. The minimum Gasteiger partial charge on any atom is -0.508 e. The lowest BCUT2D eigenvalue weighted by Crippen LogP contribution is -2.67. The summed E-state index contributed by atoms with van der Waals surface area (Å²) in [5, 5.41) is 25.0. The summed E-state index contributed by atoms with van der Waals surface area (Å²) in [6.45, 7) is 3.13. The molecule has 2 amide bonds. The molecule has 0 aromatic heterocycles. The molecule has 0 saturated carbocycles. The van der Waals surface area contributed by atoms with E-state index in [1.54, 1.807) is 30.3 Å². The second-order valence-corrected chi connectivity index (χ2v) is 8.03. The van der Waals surface area contributed by atoms with Gasteiger partial charge < -0.3 is 20.6 Å². The average Bonchev–Trinajstić information content (AvgIpc) is 2.68. The molecule has 28 heavy (non-hydrogen) atoms. The lowest BCUT2D eigenvalue weighted by atomic mass is 9.61. The first-order chi connectivity index (χ1) is 13.4. The first kappa shape index (κ1) is 18.3. The summed E-state index contributed by atoms with van der Waals surface area (Å²) in [6.07, 6.45) is 1.74. The lowest BCUT2D eigenvalue weighted by Gasteiger charge is -2.54. The van der Waals surface area contributed by atoms with Gasteiger partial charge in [0, 0.05) is 17.1 Å². The minimum atomic E-state index is -0.259. The van der Waals surface area contributed by atoms with Crippen LogP contribution in [0.4, 0.5) is 10.5 Å². The van der Waals surface area contributed by atoms with Gasteiger partial charge in [0.2, 0.25) is 0 Å². The Morgan fingerprint density at radius 1 is 1.29 bits per heavy atom. The number of phenols is 1. The van der Waals surface area contributed by atoms with Crippen LogP contribution < -0.4 is 10.6 Å². The molecule has 1 heterocycles. The fraction of sp³-hybridized carbons (Fsp3) is 0.364. The fourth-order valence-electron chi connectivity index (χ4n) is 4.68. The van der Waals surface area contributed by atoms with Crippen molar-refractivity contribution in [3.8, 4) is 11.8 Å². The zero-order valence-electron chi connectivity index (χ0n) is 16.1. The van der Waals surface area contributed by atoms with E-state index < -0.39 is 0 Å². The summed E-state index contributed by atoms with van der Waals surface area (Å²) in [7, 11) is 2.10. The van der Waals surface area contributed by atoms with Gasteiger partial charge in [-0.2, -0.15) is 5.26 Å². The van der Waals surface area contributed by atoms with Gasteiger partial charge in [-0.15, -0.1) is 0 Å². The minimum absolute atomic E-state index is 0.0704. The zero-order valence-corrected chi connectivity index (χ0v) is 16.1. The third kappa shape index (κ3) is 3.08. The van der Waals surface area contributed by atoms with Crippen molar-refractivity contribution in [1.29, 1.82) is 5.26 Å². The molecule has 1 aliphatic heterocycles. The number of phenolic OH excluding ortho intramolecular Hbond substituents is 1. The van der Waals surface area contributed by atoms with Crippen LogP contribution in [-0.4, -0.2) is 41.7 Å². The number of carbonyl (C=O) groups excluding carboxylic acids is 1. The molecule has 2 bridgehead atoms. The zero-order chi connectivity index (χ0) is 19.9. The van der Waals surface area contributed by atoms with Crippen molar-refractivity contribution in [1.82, 2.24) is 10.2 Å². The number of piperidine rings is 1. The first-order valence-electron chi connectivity index (χ1n) is 9.51. The maximum absolute atomic E-state index is 12.7. The van der Waals surface area contributed by atoms with E-state index in [4.69, 9.17) is 5.26 Å². The highest BCUT2D eigenvalue weighted by Crippen LogP contribution is 2.45. The van der Waals surface area contributed by atoms with Crippen molar-refractivity contribution < 1.29 is 9.90 Å². The van der Waals surface area contributed by atoms with Crippen molar-refractivity contribution in [2.24, 2.45) is 0 Å². The van der Waals surface area contributed by atoms with Gasteiger partial charge in [0.1, 0.15) is 5.75 Å². The van der Waals surface area contributed by atoms with Gasteiger partial charge in [-0.3, -0.25) is 0 Å². The average molecular weight is 376 g/mol. The Hall–Kier alpha value is -3.04. The largest absolute Gasteiger partial charge is 0.508 e. The molecule has 3 atom stereocenters. The van der Waals surface area contributed by atoms with E-state index in [0.29, 0.717) is 11.3 Å². The number of fused-ring (bicyclic) bond motifs is 4. The Labute approximate surface area is 164 Å². The van der Waals surface area contributed by atoms with E-state index in [1.165, 1.54) is 5.56 Å². The van der Waals surface area contributed by atoms with Crippen LogP contribution in [0.15, 0.2) is 42.5 Å². The van der Waals surface area contributed by atoms with E-state index >= 15 is 0 Å². The van der Waals surface area contributed by atoms with Gasteiger partial charge in [-0.05, 0) is 74.0 Å². The van der Waals surface area contributed by atoms with Crippen LogP contribution in [0.1, 0.15) is 30.0 Å². The number of nitrogens with zero attached hydrogens (tertiary/aromatic N) is 2. The van der Waals surface area contributed by atoms with Crippen LogP contribution in [0.5, 0.6) is 5.75 Å². The fourth-order valence-corrected chi connectivity index (χ4v) is 4.68. The number of rotatable bonds is 2. The Balaban J connectivity index is 1.59. The van der Waals surface area contributed by atoms with Gasteiger partial charge in [0.05, 0.1) is 17.7 Å². The summed E-state index contributed by atoms with van der Waals surface area (Å²) in [5.41, 5.74) is 3.32. The maximum atomic E-state index is 12.7. The molecule has 3 N–H and O–H groups in total. The van der Waals surface area contributed by atoms with Crippen molar-refractivity contribution >= 4 is 11.7 Å². The van der Waals surface area contributed by atoms with Gasteiger partial charge in [-0.25, -0.2) is 4.79 Å². The summed E-state index contributed by atoms with van der Waals surface area (Å²) in [6, 6.07) is 14.3. The highest BCUT2D eigenvalue weighted by molar-refractivity contribution is 5.89. The van der Waals surface area contributed by atoms with Crippen molar-refractivity contribution in [3.63, 3.8) is 0 Å². The maximum Gasteiger partial charge on any atom is 0.319 e. The number of hydrogen-bond donors (Lipinski definition) is 3. The van der Waals surface area contributed by atoms with Crippen LogP contribution in [0.3, 0.4) is 0 Å². The monoisotopic (exact) mass is 376 g/mol. The van der Waals surface area contributed by atoms with E-state index in [0.717, 1.165) is 24.9 Å². The molecule has 4 rings (SSSR count). The van der Waals surface area contributed by atoms with Gasteiger partial charge in [-0.1, -0.05) is 13.0 Å². The summed E-state index contributed by atoms with van der Waals surface area (Å²) in [4.78, 5) is 15.0. The van der Waals surface area contributed by atoms with Gasteiger partial charge in [0.15, 0.2) is 0 Å². The Bertz CT molecular complexity index is 950. The third-order valence-corrected chi connectivity index (χ3v) is 6.32. The summed E-state index contributed by atoms with van der Waals surface area (Å²) < 4.78 is 0. The molecule has 6 heteroatoms. The van der Waals surface area contributed by atoms with E-state index in [2.05, 4.69) is 35.6 Å². The number of carbonyl (C=O) groups is 1. The molecule has 6 nitrogen and oxygen atoms in total. The highest BCUT2D eigenvalue weighted by atomic mass is 16.3. The molecule has 0 radical (unpaired) electrons. The number of anilines is 1. The van der Waals surface area contributed by atoms with E-state index in [1.807, 2.05) is 12.1 Å². The molecule has 2 aliphatic rings. The summed E-state index contributed by atoms with van der Waals surface area (Å²) in [5.74, 6) is 0.262. The van der Waals surface area contributed by atoms with Crippen LogP contribution in [0, 0.1) is 11.3 Å². The Morgan fingerprint density at radius 3 is 2.75 bits per heavy atom. The highest BCUT2D eigenvalue weighted by Gasteiger charge is 2.50. The number of nitriles is 1. The number of likely N-dealkylation sites (N-methyl/N-ethyl adjacent to an activating group) is 1. The Kier molecular flexibility index (Phi) is 4.48. The van der Waals surface area contributed by atoms with Crippen molar-refractivity contribution in [2.45, 2.75) is 37.3 Å². The molecule has 144 valence electrons. The quantitative estimate of drug-likeness (QED) is 0.752. The van der Waals surface area contributed by atoms with E-state index in [-0.39, 0.29) is 29.3 Å². The van der Waals surface area contributed by atoms with E-state index in [9.17, 15) is 9.90 Å². The summed E-state index contributed by atoms with van der Waals surface area (Å²) >= 11 is 0. The predicted octanol–water partition coefficient (Wildman–Crippen LogP) is 2.97. The normalized spacial score (nSPS) is 26.0. The van der Waals surface area contributed by atoms with Crippen LogP contribution >= 0.6 is 0 Å². The second kappa shape index (κ2) is 6.84. The molecule has 0 unspecified atom stereocenters. The molecular formula is C22H24N4O2. The molecule has 2 aromatic rings. The molecule has 1 saturated heterocycles. The van der Waals surface area contributed by atoms with Crippen LogP contribution in [0.2, 0.25) is 0 Å². The van der Waals surface area contributed by atoms with Gasteiger partial charge in [0.25, 0.3) is 0 Å². The predicted molar refractivity (Wildman–Crippen MR) is 107 cm³/mol. The number of aromatic hydroxyl groups is 1. The number of amides is 2. The number of hydrogen-bond acceptors (Lipinski definition) is 4. The third-order valence-electron chi connectivity index (χ3n) is 6.32. The number of likely N-dealkylation sites (tertiary alicyclic amines) is 1. The molecule has 1 aliphatic carbocycles. The van der Waals surface area contributed by atoms with Gasteiger partial charge >= 0.3 is 6.03 Å². The second-order valence-electron chi connectivity index (χ2n) is 8.03. The SMILES string of the molecule is CN1CC[C@@]2(C)c3cc(O)ccc3C[C@@H]1[C@@H]2NC(=O)Nc1ccc(C#N)cc1. The standard InChI is InChI=1S/C22H24N4O2/c1-22-9-10-26(2)19(11-15-5-8-17(27)12-18(15)22)20(22)25-21(28)24-16-6-3-14(13-23)4-7-16/h3-8,12,19-20,27H,9-11H2,1-2H3,(H2,24,25,28)/t19-,20+,22+/m1/s1. The molecule has 1 fully saturated rings. The first-order valence-corrected chi connectivity index (χ1v) is 9.51. The Morgan fingerprint density at radius 2 is 2.04 bits per heavy atom. The lowest BCUT2D eigenvalue weighted by molar-refractivity contribution is 0.0718. The topological polar surface area (TPSA) is 88.4 Å². The number of nitrogens with one attached hydrogen (secondary N) is 2. The van der Waals surface area contributed by atoms with Crippen LogP contribution in [0.25, 0.3) is 0 Å². The molecule has 2 aromatic carbocycles. The number of benzene rings is 2.